The molecule has 0 heterocycles. The predicted molar refractivity (Wildman–Crippen MR) is 114 cm³/mol. The zero-order chi connectivity index (χ0) is 23.6. The molecule has 0 aromatic carbocycles. The van der Waals surface area contributed by atoms with Gasteiger partial charge in [-0.1, -0.05) is 13.8 Å². The van der Waals surface area contributed by atoms with E-state index in [1.807, 2.05) is 0 Å². The Labute approximate surface area is 181 Å². The van der Waals surface area contributed by atoms with Gasteiger partial charge in [0.05, 0.1) is 0 Å². The van der Waals surface area contributed by atoms with E-state index in [1.165, 1.54) is 20.8 Å². The number of nitrogens with one attached hydrogen (secondary N) is 4. The number of hydrogen-bond donors (Lipinski definition) is 7. The van der Waals surface area contributed by atoms with E-state index in [-0.39, 0.29) is 25.3 Å². The molecule has 0 rings (SSSR count). The maximum atomic E-state index is 12.8. The van der Waals surface area contributed by atoms with Gasteiger partial charge in [-0.2, -0.15) is 12.6 Å². The van der Waals surface area contributed by atoms with Crippen LogP contribution in [0.25, 0.3) is 0 Å². The number of rotatable bonds is 12. The third-order valence-electron chi connectivity index (χ3n) is 4.15. The number of carbonyl (C=O) groups excluding carboxylic acids is 4. The molecule has 0 saturated heterocycles. The number of aliphatic carboxylic acids is 1. The van der Waals surface area contributed by atoms with Gasteiger partial charge in [-0.25, -0.2) is 9.59 Å². The molecule has 30 heavy (non-hydrogen) atoms. The lowest BCUT2D eigenvalue weighted by Gasteiger charge is -2.30. The minimum Gasteiger partial charge on any atom is -0.480 e. The highest BCUT2D eigenvalue weighted by Crippen LogP contribution is 2.18. The Morgan fingerprint density at radius 3 is 2.00 bits per heavy atom. The molecule has 172 valence electrons. The highest BCUT2D eigenvalue weighted by molar-refractivity contribution is 7.81. The summed E-state index contributed by atoms with van der Waals surface area (Å²) in [6.45, 7) is 7.96. The average molecular weight is 448 g/mol. The van der Waals surface area contributed by atoms with Crippen LogP contribution < -0.4 is 27.0 Å². The topological polar surface area (TPSA) is 180 Å². The van der Waals surface area contributed by atoms with Gasteiger partial charge in [-0.3, -0.25) is 14.4 Å². The first-order chi connectivity index (χ1) is 13.7. The van der Waals surface area contributed by atoms with Crippen molar-refractivity contribution in [3.63, 3.8) is 0 Å². The Morgan fingerprint density at radius 2 is 1.60 bits per heavy atom. The van der Waals surface area contributed by atoms with Crippen LogP contribution in [0.1, 0.15) is 47.5 Å². The van der Waals surface area contributed by atoms with Gasteiger partial charge in [0.25, 0.3) is 0 Å². The lowest BCUT2D eigenvalue weighted by Crippen LogP contribution is -2.59. The second kappa shape index (κ2) is 12.3. The molecule has 0 saturated carbocycles. The van der Waals surface area contributed by atoms with E-state index in [9.17, 15) is 29.1 Å². The standard InChI is InChI=1S/C18H33N5O6S/c1-9(2)12(21-10(3)24)15(26)22-11(7-6-8-20-17(19)29)14(25)23-13(16(27)28)18(4,5)30/h9,11-13,30H,6-8H2,1-5H3,(H,21,24)(H,22,26)(H,23,25)(H,27,28)(H3,19,20,29)/t11-,12-,13+/m0/s1. The minimum absolute atomic E-state index is 0.0993. The first-order valence-corrected chi connectivity index (χ1v) is 9.97. The molecule has 5 amide bonds. The molecule has 0 spiro atoms. The van der Waals surface area contributed by atoms with E-state index in [2.05, 4.69) is 33.9 Å². The molecule has 3 atom stereocenters. The summed E-state index contributed by atoms with van der Waals surface area (Å²) in [7, 11) is 0. The Kier molecular flexibility index (Phi) is 11.2. The molecular formula is C18H33N5O6S. The summed E-state index contributed by atoms with van der Waals surface area (Å²) < 4.78 is -1.07. The molecule has 0 aliphatic heterocycles. The first kappa shape index (κ1) is 27.5. The van der Waals surface area contributed by atoms with Crippen molar-refractivity contribution in [3.05, 3.63) is 0 Å². The van der Waals surface area contributed by atoms with Gasteiger partial charge < -0.3 is 32.1 Å². The number of carboxylic acids is 1. The summed E-state index contributed by atoms with van der Waals surface area (Å²) in [5.74, 6) is -3.24. The summed E-state index contributed by atoms with van der Waals surface area (Å²) in [6.07, 6.45) is 0.387. The van der Waals surface area contributed by atoms with Crippen LogP contribution in [-0.4, -0.2) is 64.2 Å². The van der Waals surface area contributed by atoms with Crippen molar-refractivity contribution in [1.82, 2.24) is 21.3 Å². The first-order valence-electron chi connectivity index (χ1n) is 9.53. The average Bonchev–Trinajstić information content (AvgIpc) is 2.57. The fourth-order valence-electron chi connectivity index (χ4n) is 2.59. The third-order valence-corrected chi connectivity index (χ3v) is 4.41. The van der Waals surface area contributed by atoms with E-state index < -0.39 is 52.6 Å². The number of thiol groups is 1. The summed E-state index contributed by atoms with van der Waals surface area (Å²) in [5.41, 5.74) is 5.00. The van der Waals surface area contributed by atoms with Crippen LogP contribution in [0.4, 0.5) is 4.79 Å². The third kappa shape index (κ3) is 10.3. The van der Waals surface area contributed by atoms with Crippen LogP contribution in [-0.2, 0) is 19.2 Å². The second-order valence-electron chi connectivity index (χ2n) is 7.85. The molecule has 0 bridgehead atoms. The Balaban J connectivity index is 5.44. The van der Waals surface area contributed by atoms with Crippen molar-refractivity contribution in [2.75, 3.05) is 6.54 Å². The number of nitrogens with two attached hydrogens (primary N) is 1. The van der Waals surface area contributed by atoms with Gasteiger partial charge in [-0.15, -0.1) is 0 Å². The van der Waals surface area contributed by atoms with Gasteiger partial charge in [0.1, 0.15) is 18.1 Å². The molecule has 0 radical (unpaired) electrons. The number of primary amides is 1. The molecule has 11 nitrogen and oxygen atoms in total. The summed E-state index contributed by atoms with van der Waals surface area (Å²) in [4.78, 5) is 59.1. The van der Waals surface area contributed by atoms with Crippen molar-refractivity contribution < 1.29 is 29.1 Å². The van der Waals surface area contributed by atoms with Crippen molar-refractivity contribution in [1.29, 1.82) is 0 Å². The minimum atomic E-state index is -1.31. The fourth-order valence-corrected chi connectivity index (χ4v) is 2.76. The molecule has 0 aromatic rings. The zero-order valence-corrected chi connectivity index (χ0v) is 18.8. The van der Waals surface area contributed by atoms with Crippen LogP contribution in [0.5, 0.6) is 0 Å². The van der Waals surface area contributed by atoms with E-state index in [1.54, 1.807) is 13.8 Å². The van der Waals surface area contributed by atoms with Gasteiger partial charge in [0.2, 0.25) is 17.7 Å². The number of hydrogen-bond acceptors (Lipinski definition) is 6. The van der Waals surface area contributed by atoms with Crippen molar-refractivity contribution in [3.8, 4) is 0 Å². The number of amides is 5. The molecule has 0 aromatic heterocycles. The smallest absolute Gasteiger partial charge is 0.327 e. The quantitative estimate of drug-likeness (QED) is 0.154. The molecule has 0 aliphatic rings. The summed E-state index contributed by atoms with van der Waals surface area (Å²) in [5, 5.41) is 19.2. The number of carboxylic acid groups (broad SMARTS) is 1. The Morgan fingerprint density at radius 1 is 1.03 bits per heavy atom. The SMILES string of the molecule is CC(=O)N[C@H](C(=O)N[C@@H](CCCNC(N)=O)C(=O)N[C@H](C(=O)O)C(C)(C)S)C(C)C. The van der Waals surface area contributed by atoms with Crippen LogP contribution >= 0.6 is 12.6 Å². The lowest BCUT2D eigenvalue weighted by molar-refractivity contribution is -0.143. The van der Waals surface area contributed by atoms with E-state index in [0.29, 0.717) is 0 Å². The predicted octanol–water partition coefficient (Wildman–Crippen LogP) is -0.642. The Hall–Kier alpha value is -2.50. The second-order valence-corrected chi connectivity index (χ2v) is 9.00. The highest BCUT2D eigenvalue weighted by atomic mass is 32.1. The van der Waals surface area contributed by atoms with Crippen LogP contribution in [0.3, 0.4) is 0 Å². The zero-order valence-electron chi connectivity index (χ0n) is 17.9. The van der Waals surface area contributed by atoms with Gasteiger partial charge in [0.15, 0.2) is 0 Å². The summed E-state index contributed by atoms with van der Waals surface area (Å²) in [6, 6.07) is -4.01. The molecular weight excluding hydrogens is 414 g/mol. The maximum absolute atomic E-state index is 12.8. The monoisotopic (exact) mass is 447 g/mol. The van der Waals surface area contributed by atoms with Crippen LogP contribution in [0.15, 0.2) is 0 Å². The van der Waals surface area contributed by atoms with Crippen molar-refractivity contribution >= 4 is 42.4 Å². The number of carbonyl (C=O) groups is 5. The van der Waals surface area contributed by atoms with E-state index in [4.69, 9.17) is 5.73 Å². The lowest BCUT2D eigenvalue weighted by atomic mass is 10.0. The van der Waals surface area contributed by atoms with Crippen LogP contribution in [0, 0.1) is 5.92 Å². The largest absolute Gasteiger partial charge is 0.480 e. The van der Waals surface area contributed by atoms with Crippen molar-refractivity contribution in [2.45, 2.75) is 70.3 Å². The number of urea groups is 1. The molecule has 0 fully saturated rings. The van der Waals surface area contributed by atoms with E-state index >= 15 is 0 Å². The van der Waals surface area contributed by atoms with Crippen molar-refractivity contribution in [2.24, 2.45) is 11.7 Å². The maximum Gasteiger partial charge on any atom is 0.327 e. The Bertz CT molecular complexity index is 649. The normalized spacial score (nSPS) is 14.2. The fraction of sp³-hybridized carbons (Fsp3) is 0.722. The van der Waals surface area contributed by atoms with Gasteiger partial charge >= 0.3 is 12.0 Å². The molecule has 12 heteroatoms. The highest BCUT2D eigenvalue weighted by Gasteiger charge is 2.36. The van der Waals surface area contributed by atoms with Crippen LogP contribution in [0.2, 0.25) is 0 Å². The van der Waals surface area contributed by atoms with Gasteiger partial charge in [-0.05, 0) is 32.6 Å². The van der Waals surface area contributed by atoms with Gasteiger partial charge in [0, 0.05) is 18.2 Å². The molecule has 0 aliphatic carbocycles. The summed E-state index contributed by atoms with van der Waals surface area (Å²) >= 11 is 4.22. The molecule has 7 N–H and O–H groups in total. The van der Waals surface area contributed by atoms with E-state index in [0.717, 1.165) is 0 Å². The molecule has 0 unspecified atom stereocenters.